The monoisotopic (exact) mass is 380 g/mol. The number of imidazole rings is 1. The highest BCUT2D eigenvalue weighted by Crippen LogP contribution is 2.26. The largest absolute Gasteiger partial charge is 0.352 e. The number of aromatic nitrogens is 2. The van der Waals surface area contributed by atoms with Crippen LogP contribution in [0.1, 0.15) is 28.2 Å². The van der Waals surface area contributed by atoms with Gasteiger partial charge in [-0.25, -0.2) is 4.98 Å². The molecular weight excluding hydrogens is 360 g/mol. The lowest BCUT2D eigenvalue weighted by Gasteiger charge is -2.11. The summed E-state index contributed by atoms with van der Waals surface area (Å²) in [6.07, 6.45) is 1.54. The molecule has 0 bridgehead atoms. The van der Waals surface area contributed by atoms with E-state index in [0.717, 1.165) is 40.8 Å². The summed E-state index contributed by atoms with van der Waals surface area (Å²) in [5.74, 6) is 0.779. The number of H-pyrrole nitrogens is 1. The summed E-state index contributed by atoms with van der Waals surface area (Å²) in [7, 11) is 0. The maximum atomic E-state index is 12.8. The molecule has 1 amide bonds. The minimum atomic E-state index is -0.141. The predicted molar refractivity (Wildman–Crippen MR) is 113 cm³/mol. The lowest BCUT2D eigenvalue weighted by Crippen LogP contribution is -2.25. The van der Waals surface area contributed by atoms with E-state index in [2.05, 4.69) is 21.4 Å². The van der Waals surface area contributed by atoms with Crippen molar-refractivity contribution in [2.45, 2.75) is 12.8 Å². The number of hydrogen-bond donors (Lipinski definition) is 2. The predicted octanol–water partition coefficient (Wildman–Crippen LogP) is 4.46. The second-order valence-electron chi connectivity index (χ2n) is 6.76. The molecular formula is C24H20N4O. The fourth-order valence-electron chi connectivity index (χ4n) is 3.41. The van der Waals surface area contributed by atoms with Crippen LogP contribution in [0.4, 0.5) is 0 Å². The van der Waals surface area contributed by atoms with Gasteiger partial charge in [0, 0.05) is 24.1 Å². The molecule has 1 heterocycles. The summed E-state index contributed by atoms with van der Waals surface area (Å²) < 4.78 is 0. The smallest absolute Gasteiger partial charge is 0.251 e. The number of carbonyl (C=O) groups excluding carboxylic acids is 1. The van der Waals surface area contributed by atoms with Crippen molar-refractivity contribution < 1.29 is 4.79 Å². The zero-order valence-corrected chi connectivity index (χ0v) is 15.9. The molecule has 0 aliphatic carbocycles. The first-order valence-electron chi connectivity index (χ1n) is 9.56. The average molecular weight is 380 g/mol. The van der Waals surface area contributed by atoms with Crippen molar-refractivity contribution in [2.75, 3.05) is 6.54 Å². The van der Waals surface area contributed by atoms with E-state index in [-0.39, 0.29) is 5.91 Å². The van der Waals surface area contributed by atoms with Gasteiger partial charge in [0.15, 0.2) is 0 Å². The molecule has 5 nitrogen and oxygen atoms in total. The van der Waals surface area contributed by atoms with Gasteiger partial charge in [-0.1, -0.05) is 48.5 Å². The molecule has 4 aromatic rings. The maximum absolute atomic E-state index is 12.8. The van der Waals surface area contributed by atoms with Crippen LogP contribution < -0.4 is 5.32 Å². The van der Waals surface area contributed by atoms with Crippen LogP contribution in [0.5, 0.6) is 0 Å². The van der Waals surface area contributed by atoms with Crippen molar-refractivity contribution in [3.05, 3.63) is 89.7 Å². The van der Waals surface area contributed by atoms with Crippen LogP contribution >= 0.6 is 0 Å². The molecule has 5 heteroatoms. The number of aryl methyl sites for hydroxylation is 1. The number of nitrogens with one attached hydrogen (secondary N) is 2. The summed E-state index contributed by atoms with van der Waals surface area (Å²) in [4.78, 5) is 20.6. The minimum Gasteiger partial charge on any atom is -0.352 e. The molecule has 0 aliphatic heterocycles. The zero-order valence-electron chi connectivity index (χ0n) is 15.9. The van der Waals surface area contributed by atoms with E-state index in [1.54, 1.807) is 12.1 Å². The first-order valence-corrected chi connectivity index (χ1v) is 9.56. The van der Waals surface area contributed by atoms with Crippen LogP contribution in [-0.4, -0.2) is 22.4 Å². The third-order valence-electron chi connectivity index (χ3n) is 4.82. The van der Waals surface area contributed by atoms with Gasteiger partial charge in [0.25, 0.3) is 5.91 Å². The molecule has 0 radical (unpaired) electrons. The Bertz CT molecular complexity index is 1170. The van der Waals surface area contributed by atoms with E-state index in [1.165, 1.54) is 0 Å². The number of hydrogen-bond acceptors (Lipinski definition) is 3. The Kier molecular flexibility index (Phi) is 5.35. The molecule has 0 fully saturated rings. The number of nitriles is 1. The summed E-state index contributed by atoms with van der Waals surface area (Å²) in [5.41, 5.74) is 4.63. The van der Waals surface area contributed by atoms with E-state index >= 15 is 0 Å². The maximum Gasteiger partial charge on any atom is 0.251 e. The van der Waals surface area contributed by atoms with E-state index < -0.39 is 0 Å². The van der Waals surface area contributed by atoms with Crippen LogP contribution in [0.15, 0.2) is 72.8 Å². The summed E-state index contributed by atoms with van der Waals surface area (Å²) >= 11 is 0. The number of nitrogens with zero attached hydrogens (tertiary/aromatic N) is 2. The van der Waals surface area contributed by atoms with Crippen LogP contribution in [0.2, 0.25) is 0 Å². The molecule has 142 valence electrons. The van der Waals surface area contributed by atoms with Crippen molar-refractivity contribution in [2.24, 2.45) is 0 Å². The van der Waals surface area contributed by atoms with E-state index in [1.807, 2.05) is 60.7 Å². The Balaban J connectivity index is 1.42. The number of fused-ring (bicyclic) bond motifs is 1. The molecule has 0 spiro atoms. The van der Waals surface area contributed by atoms with Crippen molar-refractivity contribution in [1.82, 2.24) is 15.3 Å². The number of aromatic amines is 1. The third-order valence-corrected chi connectivity index (χ3v) is 4.82. The second-order valence-corrected chi connectivity index (χ2v) is 6.76. The molecule has 1 aromatic heterocycles. The number of para-hydroxylation sites is 2. The van der Waals surface area contributed by atoms with E-state index in [9.17, 15) is 10.1 Å². The Morgan fingerprint density at radius 3 is 2.52 bits per heavy atom. The van der Waals surface area contributed by atoms with E-state index in [4.69, 9.17) is 0 Å². The molecule has 0 atom stereocenters. The summed E-state index contributed by atoms with van der Waals surface area (Å²) in [6, 6.07) is 24.8. The Hall–Kier alpha value is -3.91. The van der Waals surface area contributed by atoms with Gasteiger partial charge in [0.05, 0.1) is 22.7 Å². The highest BCUT2D eigenvalue weighted by molar-refractivity contribution is 6.01. The zero-order chi connectivity index (χ0) is 20.1. The van der Waals surface area contributed by atoms with Gasteiger partial charge in [0.2, 0.25) is 0 Å². The molecule has 0 saturated carbocycles. The van der Waals surface area contributed by atoms with Gasteiger partial charge in [-0.3, -0.25) is 4.79 Å². The first kappa shape index (κ1) is 18.5. The van der Waals surface area contributed by atoms with Crippen molar-refractivity contribution in [1.29, 1.82) is 5.26 Å². The fraction of sp³-hybridized carbons (Fsp3) is 0.125. The number of amides is 1. The second kappa shape index (κ2) is 8.41. The van der Waals surface area contributed by atoms with Gasteiger partial charge < -0.3 is 10.3 Å². The minimum absolute atomic E-state index is 0.141. The van der Waals surface area contributed by atoms with Crippen molar-refractivity contribution in [3.63, 3.8) is 0 Å². The lowest BCUT2D eigenvalue weighted by atomic mass is 9.95. The molecule has 0 unspecified atom stereocenters. The van der Waals surface area contributed by atoms with Gasteiger partial charge >= 0.3 is 0 Å². The van der Waals surface area contributed by atoms with Gasteiger partial charge in [-0.2, -0.15) is 5.26 Å². The Labute approximate surface area is 169 Å². The Morgan fingerprint density at radius 2 is 1.69 bits per heavy atom. The molecule has 0 saturated heterocycles. The number of carbonyl (C=O) groups is 1. The highest BCUT2D eigenvalue weighted by atomic mass is 16.1. The molecule has 0 aliphatic rings. The number of rotatable bonds is 6. The van der Waals surface area contributed by atoms with Crippen LogP contribution in [0.25, 0.3) is 22.2 Å². The normalized spacial score (nSPS) is 10.6. The molecule has 29 heavy (non-hydrogen) atoms. The van der Waals surface area contributed by atoms with Gasteiger partial charge in [-0.05, 0) is 36.2 Å². The highest BCUT2D eigenvalue weighted by Gasteiger charge is 2.14. The quantitative estimate of drug-likeness (QED) is 0.484. The average Bonchev–Trinajstić information content (AvgIpc) is 3.19. The first-order chi connectivity index (χ1) is 14.3. The van der Waals surface area contributed by atoms with Gasteiger partial charge in [0.1, 0.15) is 5.82 Å². The molecule has 3 aromatic carbocycles. The standard InChI is InChI=1S/C24H20N4O/c25-16-17-8-1-2-9-18(17)19-10-3-4-11-20(19)24(29)26-15-7-14-23-27-21-12-5-6-13-22(21)28-23/h1-6,8-13H,7,14-15H2,(H,26,29)(H,27,28). The lowest BCUT2D eigenvalue weighted by molar-refractivity contribution is 0.0954. The topological polar surface area (TPSA) is 81.6 Å². The summed E-state index contributed by atoms with van der Waals surface area (Å²) in [5, 5.41) is 12.4. The molecule has 4 rings (SSSR count). The van der Waals surface area contributed by atoms with Gasteiger partial charge in [-0.15, -0.1) is 0 Å². The van der Waals surface area contributed by atoms with Crippen LogP contribution in [0.3, 0.4) is 0 Å². The third kappa shape index (κ3) is 4.02. The summed E-state index contributed by atoms with van der Waals surface area (Å²) in [6.45, 7) is 0.546. The van der Waals surface area contributed by atoms with Crippen LogP contribution in [-0.2, 0) is 6.42 Å². The SMILES string of the molecule is N#Cc1ccccc1-c1ccccc1C(=O)NCCCc1nc2ccccc2[nH]1. The van der Waals surface area contributed by atoms with Crippen LogP contribution in [0, 0.1) is 11.3 Å². The Morgan fingerprint density at radius 1 is 0.966 bits per heavy atom. The number of benzene rings is 3. The molecule has 2 N–H and O–H groups in total. The van der Waals surface area contributed by atoms with Crippen molar-refractivity contribution >= 4 is 16.9 Å². The van der Waals surface area contributed by atoms with E-state index in [0.29, 0.717) is 17.7 Å². The van der Waals surface area contributed by atoms with Crippen molar-refractivity contribution in [3.8, 4) is 17.2 Å². The fourth-order valence-corrected chi connectivity index (χ4v) is 3.41.